The van der Waals surface area contributed by atoms with Crippen LogP contribution in [0.1, 0.15) is 34.3 Å². The van der Waals surface area contributed by atoms with Gasteiger partial charge < -0.3 is 11.1 Å². The molecular formula is C14H20N4OS2. The zero-order valence-corrected chi connectivity index (χ0v) is 14.3. The number of aryl methyl sites for hydroxylation is 2. The highest BCUT2D eigenvalue weighted by Crippen LogP contribution is 2.34. The van der Waals surface area contributed by atoms with Crippen molar-refractivity contribution in [3.8, 4) is 0 Å². The summed E-state index contributed by atoms with van der Waals surface area (Å²) < 4.78 is 0. The summed E-state index contributed by atoms with van der Waals surface area (Å²) in [4.78, 5) is 13.7. The molecule has 0 bridgehead atoms. The number of hydrogen-bond donors (Lipinski definition) is 2. The third kappa shape index (κ3) is 3.13. The summed E-state index contributed by atoms with van der Waals surface area (Å²) in [6.07, 6.45) is 2.93. The monoisotopic (exact) mass is 324 g/mol. The van der Waals surface area contributed by atoms with Gasteiger partial charge in [0.15, 0.2) is 0 Å². The van der Waals surface area contributed by atoms with Crippen LogP contribution in [0.15, 0.2) is 0 Å². The summed E-state index contributed by atoms with van der Waals surface area (Å²) in [7, 11) is 0. The number of aromatic nitrogens is 2. The maximum absolute atomic E-state index is 12.4. The van der Waals surface area contributed by atoms with E-state index in [1.165, 1.54) is 11.3 Å². The number of nitrogens with two attached hydrogens (primary N) is 1. The second-order valence-electron chi connectivity index (χ2n) is 4.97. The van der Waals surface area contributed by atoms with Gasteiger partial charge in [0.1, 0.15) is 9.71 Å². The molecule has 1 atom stereocenters. The Kier molecular flexibility index (Phi) is 5.05. The maximum atomic E-state index is 12.4. The van der Waals surface area contributed by atoms with E-state index >= 15 is 0 Å². The predicted octanol–water partition coefficient (Wildman–Crippen LogP) is 2.76. The number of nitrogens with one attached hydrogen (secondary N) is 1. The molecule has 114 valence electrons. The summed E-state index contributed by atoms with van der Waals surface area (Å²) in [6, 6.07) is 0.158. The molecule has 0 aliphatic rings. The summed E-state index contributed by atoms with van der Waals surface area (Å²) in [5, 5.41) is 12.1. The first-order valence-corrected chi connectivity index (χ1v) is 9.02. The van der Waals surface area contributed by atoms with Gasteiger partial charge in [-0.05, 0) is 32.1 Å². The first-order valence-electron chi connectivity index (χ1n) is 6.81. The van der Waals surface area contributed by atoms with E-state index in [4.69, 9.17) is 5.73 Å². The lowest BCUT2D eigenvalue weighted by Crippen LogP contribution is -2.36. The van der Waals surface area contributed by atoms with Gasteiger partial charge in [-0.25, -0.2) is 0 Å². The zero-order chi connectivity index (χ0) is 15.6. The molecule has 2 rings (SSSR count). The standard InChI is InChI=1S/C14H20N4OS2/c1-5-9(6-20-4)16-13(19)12-11(15)10-7(2)8(3)17-18-14(10)21-12/h9H,5-6,15H2,1-4H3,(H,16,19). The van der Waals surface area contributed by atoms with Crippen LogP contribution in [0.3, 0.4) is 0 Å². The lowest BCUT2D eigenvalue weighted by Gasteiger charge is -2.15. The van der Waals surface area contributed by atoms with Gasteiger partial charge in [-0.3, -0.25) is 4.79 Å². The van der Waals surface area contributed by atoms with Crippen LogP contribution in [0.25, 0.3) is 10.2 Å². The Morgan fingerprint density at radius 3 is 2.76 bits per heavy atom. The van der Waals surface area contributed by atoms with Crippen LogP contribution in [-0.4, -0.2) is 34.2 Å². The molecule has 0 saturated heterocycles. The van der Waals surface area contributed by atoms with Crippen LogP contribution >= 0.6 is 23.1 Å². The van der Waals surface area contributed by atoms with Gasteiger partial charge in [-0.2, -0.15) is 16.9 Å². The van der Waals surface area contributed by atoms with Gasteiger partial charge in [0.25, 0.3) is 5.91 Å². The summed E-state index contributed by atoms with van der Waals surface area (Å²) in [6.45, 7) is 5.92. The first kappa shape index (κ1) is 16.0. The molecule has 0 aromatic carbocycles. The van der Waals surface area contributed by atoms with Gasteiger partial charge in [-0.15, -0.1) is 16.4 Å². The van der Waals surface area contributed by atoms with Gasteiger partial charge in [0.05, 0.1) is 11.4 Å². The number of amides is 1. The normalized spacial score (nSPS) is 12.6. The second kappa shape index (κ2) is 6.62. The molecule has 5 nitrogen and oxygen atoms in total. The molecule has 0 aliphatic heterocycles. The predicted molar refractivity (Wildman–Crippen MR) is 91.2 cm³/mol. The third-order valence-corrected chi connectivity index (χ3v) is 5.36. The van der Waals surface area contributed by atoms with Gasteiger partial charge in [0.2, 0.25) is 0 Å². The molecule has 0 radical (unpaired) electrons. The Labute approximate surface area is 132 Å². The molecule has 7 heteroatoms. The van der Waals surface area contributed by atoms with Crippen molar-refractivity contribution in [1.29, 1.82) is 0 Å². The lowest BCUT2D eigenvalue weighted by atomic mass is 10.1. The van der Waals surface area contributed by atoms with E-state index in [-0.39, 0.29) is 11.9 Å². The van der Waals surface area contributed by atoms with Gasteiger partial charge in [0, 0.05) is 17.2 Å². The number of hydrogen-bond acceptors (Lipinski definition) is 6. The van der Waals surface area contributed by atoms with E-state index in [2.05, 4.69) is 22.4 Å². The highest BCUT2D eigenvalue weighted by Gasteiger charge is 2.21. The van der Waals surface area contributed by atoms with E-state index in [0.29, 0.717) is 10.6 Å². The molecule has 2 heterocycles. The fourth-order valence-electron chi connectivity index (χ4n) is 2.12. The number of thiophene rings is 1. The Morgan fingerprint density at radius 1 is 1.43 bits per heavy atom. The number of thioether (sulfide) groups is 1. The highest BCUT2D eigenvalue weighted by atomic mass is 32.2. The van der Waals surface area contributed by atoms with Crippen LogP contribution in [0, 0.1) is 13.8 Å². The van der Waals surface area contributed by atoms with E-state index in [1.54, 1.807) is 11.8 Å². The van der Waals surface area contributed by atoms with Crippen LogP contribution in [0.4, 0.5) is 5.69 Å². The molecule has 0 saturated carbocycles. The Morgan fingerprint density at radius 2 is 2.14 bits per heavy atom. The van der Waals surface area contributed by atoms with Gasteiger partial charge >= 0.3 is 0 Å². The summed E-state index contributed by atoms with van der Waals surface area (Å²) >= 11 is 3.03. The first-order chi connectivity index (χ1) is 9.99. The van der Waals surface area contributed by atoms with E-state index in [9.17, 15) is 4.79 Å². The average molecular weight is 324 g/mol. The minimum Gasteiger partial charge on any atom is -0.397 e. The maximum Gasteiger partial charge on any atom is 0.263 e. The zero-order valence-electron chi connectivity index (χ0n) is 12.7. The fraction of sp³-hybridized carbons (Fsp3) is 0.500. The lowest BCUT2D eigenvalue weighted by molar-refractivity contribution is 0.0945. The summed E-state index contributed by atoms with van der Waals surface area (Å²) in [5.74, 6) is 0.777. The Balaban J connectivity index is 2.36. The topological polar surface area (TPSA) is 80.9 Å². The number of anilines is 1. The Hall–Kier alpha value is -1.34. The number of rotatable bonds is 5. The number of fused-ring (bicyclic) bond motifs is 1. The molecule has 0 spiro atoms. The minimum atomic E-state index is -0.117. The van der Waals surface area contributed by atoms with Crippen molar-refractivity contribution in [1.82, 2.24) is 15.5 Å². The highest BCUT2D eigenvalue weighted by molar-refractivity contribution is 7.98. The van der Waals surface area contributed by atoms with E-state index < -0.39 is 0 Å². The average Bonchev–Trinajstić information content (AvgIpc) is 2.80. The SMILES string of the molecule is CCC(CSC)NC(=O)c1sc2nnc(C)c(C)c2c1N. The molecular weight excluding hydrogens is 304 g/mol. The smallest absolute Gasteiger partial charge is 0.263 e. The van der Waals surface area contributed by atoms with Crippen molar-refractivity contribution in [2.45, 2.75) is 33.2 Å². The van der Waals surface area contributed by atoms with E-state index in [1.807, 2.05) is 20.1 Å². The number of carbonyl (C=O) groups excluding carboxylic acids is 1. The molecule has 2 aromatic rings. The Bertz CT molecular complexity index is 669. The van der Waals surface area contributed by atoms with Gasteiger partial charge in [-0.1, -0.05) is 6.92 Å². The molecule has 21 heavy (non-hydrogen) atoms. The van der Waals surface area contributed by atoms with Crippen LogP contribution in [0.5, 0.6) is 0 Å². The number of nitrogens with zero attached hydrogens (tertiary/aromatic N) is 2. The molecule has 1 unspecified atom stereocenters. The van der Waals surface area contributed by atoms with Crippen molar-refractivity contribution >= 4 is 44.9 Å². The van der Waals surface area contributed by atoms with Crippen molar-refractivity contribution in [3.63, 3.8) is 0 Å². The van der Waals surface area contributed by atoms with Crippen molar-refractivity contribution < 1.29 is 4.79 Å². The van der Waals surface area contributed by atoms with Crippen molar-refractivity contribution in [2.24, 2.45) is 0 Å². The molecule has 2 aromatic heterocycles. The van der Waals surface area contributed by atoms with Crippen molar-refractivity contribution in [3.05, 3.63) is 16.1 Å². The second-order valence-corrected chi connectivity index (χ2v) is 6.88. The quantitative estimate of drug-likeness (QED) is 0.884. The minimum absolute atomic E-state index is 0.117. The molecule has 0 fully saturated rings. The largest absolute Gasteiger partial charge is 0.397 e. The van der Waals surface area contributed by atoms with E-state index in [0.717, 1.165) is 33.6 Å². The molecule has 1 amide bonds. The molecule has 0 aliphatic carbocycles. The summed E-state index contributed by atoms with van der Waals surface area (Å²) in [5.41, 5.74) is 8.52. The molecule has 3 N–H and O–H groups in total. The number of nitrogen functional groups attached to an aromatic ring is 1. The third-order valence-electron chi connectivity index (χ3n) is 3.54. The fourth-order valence-corrected chi connectivity index (χ4v) is 3.85. The van der Waals surface area contributed by atoms with Crippen LogP contribution < -0.4 is 11.1 Å². The van der Waals surface area contributed by atoms with Crippen molar-refractivity contribution in [2.75, 3.05) is 17.7 Å². The number of carbonyl (C=O) groups is 1. The van der Waals surface area contributed by atoms with Crippen LogP contribution in [-0.2, 0) is 0 Å². The van der Waals surface area contributed by atoms with Crippen LogP contribution in [0.2, 0.25) is 0 Å².